The van der Waals surface area contributed by atoms with E-state index in [2.05, 4.69) is 4.98 Å². The molecule has 0 aliphatic carbocycles. The van der Waals surface area contributed by atoms with Crippen molar-refractivity contribution in [1.29, 1.82) is 0 Å². The SMILES string of the molecule is Cc1cc(F)ccc1C(=O)c1cc[nH]c1. The second-order valence-corrected chi connectivity index (χ2v) is 3.39. The van der Waals surface area contributed by atoms with Crippen LogP contribution in [0.5, 0.6) is 0 Å². The molecule has 2 nitrogen and oxygen atoms in total. The van der Waals surface area contributed by atoms with Gasteiger partial charge in [0.15, 0.2) is 5.78 Å². The van der Waals surface area contributed by atoms with E-state index in [0.717, 1.165) is 0 Å². The highest BCUT2D eigenvalue weighted by molar-refractivity contribution is 6.09. The van der Waals surface area contributed by atoms with Gasteiger partial charge in [-0.25, -0.2) is 4.39 Å². The van der Waals surface area contributed by atoms with Crippen molar-refractivity contribution < 1.29 is 9.18 Å². The molecule has 2 rings (SSSR count). The summed E-state index contributed by atoms with van der Waals surface area (Å²) in [6.07, 6.45) is 3.32. The van der Waals surface area contributed by atoms with Gasteiger partial charge >= 0.3 is 0 Å². The van der Waals surface area contributed by atoms with Gasteiger partial charge in [0.25, 0.3) is 0 Å². The van der Waals surface area contributed by atoms with Gasteiger partial charge in [-0.05, 0) is 36.8 Å². The minimum absolute atomic E-state index is 0.0891. The molecule has 3 heteroatoms. The predicted octanol–water partition coefficient (Wildman–Crippen LogP) is 2.69. The third kappa shape index (κ3) is 1.81. The van der Waals surface area contributed by atoms with E-state index in [1.807, 2.05) is 0 Å². The van der Waals surface area contributed by atoms with Gasteiger partial charge in [-0.2, -0.15) is 0 Å². The summed E-state index contributed by atoms with van der Waals surface area (Å²) in [5.74, 6) is -0.410. The van der Waals surface area contributed by atoms with Crippen molar-refractivity contribution in [2.45, 2.75) is 6.92 Å². The van der Waals surface area contributed by atoms with Gasteiger partial charge in [0.1, 0.15) is 5.82 Å². The van der Waals surface area contributed by atoms with E-state index in [9.17, 15) is 9.18 Å². The van der Waals surface area contributed by atoms with Gasteiger partial charge < -0.3 is 4.98 Å². The summed E-state index contributed by atoms with van der Waals surface area (Å²) < 4.78 is 12.8. The highest BCUT2D eigenvalue weighted by Crippen LogP contribution is 2.14. The average molecular weight is 203 g/mol. The van der Waals surface area contributed by atoms with Crippen LogP contribution in [0.4, 0.5) is 4.39 Å². The molecule has 0 fully saturated rings. The lowest BCUT2D eigenvalue weighted by atomic mass is 10.0. The van der Waals surface area contributed by atoms with Gasteiger partial charge in [0, 0.05) is 23.5 Å². The van der Waals surface area contributed by atoms with E-state index in [0.29, 0.717) is 16.7 Å². The molecule has 0 radical (unpaired) electrons. The molecule has 1 aromatic carbocycles. The molecule has 0 aliphatic rings. The predicted molar refractivity (Wildman–Crippen MR) is 55.4 cm³/mol. The standard InChI is InChI=1S/C12H10FNO/c1-8-6-10(13)2-3-11(8)12(15)9-4-5-14-7-9/h2-7,14H,1H3. The molecular formula is C12H10FNO. The first kappa shape index (κ1) is 9.65. The van der Waals surface area contributed by atoms with Crippen LogP contribution in [0.3, 0.4) is 0 Å². The van der Waals surface area contributed by atoms with Crippen LogP contribution in [0.2, 0.25) is 0 Å². The fourth-order valence-electron chi connectivity index (χ4n) is 1.50. The van der Waals surface area contributed by atoms with Crippen LogP contribution in [-0.4, -0.2) is 10.8 Å². The molecule has 1 heterocycles. The molecular weight excluding hydrogens is 193 g/mol. The number of aromatic amines is 1. The summed E-state index contributed by atoms with van der Waals surface area (Å²) in [7, 11) is 0. The minimum Gasteiger partial charge on any atom is -0.367 e. The first-order valence-electron chi connectivity index (χ1n) is 4.62. The van der Waals surface area contributed by atoms with E-state index < -0.39 is 0 Å². The number of H-pyrrole nitrogens is 1. The Labute approximate surface area is 86.8 Å². The number of hydrogen-bond donors (Lipinski definition) is 1. The summed E-state index contributed by atoms with van der Waals surface area (Å²) in [6.45, 7) is 1.73. The molecule has 0 aliphatic heterocycles. The van der Waals surface area contributed by atoms with Crippen LogP contribution in [0, 0.1) is 12.7 Å². The second-order valence-electron chi connectivity index (χ2n) is 3.39. The number of benzene rings is 1. The maximum Gasteiger partial charge on any atom is 0.194 e. The molecule has 0 amide bonds. The Morgan fingerprint density at radius 1 is 1.33 bits per heavy atom. The number of halogens is 1. The molecule has 0 saturated carbocycles. The topological polar surface area (TPSA) is 32.9 Å². The zero-order valence-electron chi connectivity index (χ0n) is 8.25. The zero-order valence-corrected chi connectivity index (χ0v) is 8.25. The highest BCUT2D eigenvalue weighted by atomic mass is 19.1. The maximum absolute atomic E-state index is 12.8. The van der Waals surface area contributed by atoms with Crippen molar-refractivity contribution in [3.63, 3.8) is 0 Å². The Morgan fingerprint density at radius 3 is 2.73 bits per heavy atom. The van der Waals surface area contributed by atoms with Crippen LogP contribution < -0.4 is 0 Å². The number of carbonyl (C=O) groups excluding carboxylic acids is 1. The van der Waals surface area contributed by atoms with E-state index in [-0.39, 0.29) is 11.6 Å². The summed E-state index contributed by atoms with van der Waals surface area (Å²) in [4.78, 5) is 14.7. The molecule has 0 atom stereocenters. The Balaban J connectivity index is 2.42. The van der Waals surface area contributed by atoms with Gasteiger partial charge in [-0.1, -0.05) is 0 Å². The fourth-order valence-corrected chi connectivity index (χ4v) is 1.50. The normalized spacial score (nSPS) is 10.3. The molecule has 1 aromatic heterocycles. The van der Waals surface area contributed by atoms with Crippen LogP contribution in [0.25, 0.3) is 0 Å². The Kier molecular flexibility index (Phi) is 2.37. The lowest BCUT2D eigenvalue weighted by Gasteiger charge is -2.02. The molecule has 0 unspecified atom stereocenters. The van der Waals surface area contributed by atoms with Gasteiger partial charge in [-0.3, -0.25) is 4.79 Å². The average Bonchev–Trinajstić information content (AvgIpc) is 2.69. The number of rotatable bonds is 2. The quantitative estimate of drug-likeness (QED) is 0.748. The van der Waals surface area contributed by atoms with Gasteiger partial charge in [-0.15, -0.1) is 0 Å². The van der Waals surface area contributed by atoms with Gasteiger partial charge in [0.05, 0.1) is 0 Å². The number of aromatic nitrogens is 1. The molecule has 76 valence electrons. The smallest absolute Gasteiger partial charge is 0.194 e. The number of carbonyl (C=O) groups is 1. The number of aryl methyl sites for hydroxylation is 1. The number of ketones is 1. The van der Waals surface area contributed by atoms with Crippen LogP contribution >= 0.6 is 0 Å². The van der Waals surface area contributed by atoms with Crippen molar-refractivity contribution in [2.75, 3.05) is 0 Å². The lowest BCUT2D eigenvalue weighted by molar-refractivity contribution is 0.103. The third-order valence-electron chi connectivity index (χ3n) is 2.29. The molecule has 0 spiro atoms. The van der Waals surface area contributed by atoms with Crippen molar-refractivity contribution in [3.05, 3.63) is 59.2 Å². The number of nitrogens with one attached hydrogen (secondary N) is 1. The van der Waals surface area contributed by atoms with E-state index >= 15 is 0 Å². The fraction of sp³-hybridized carbons (Fsp3) is 0.0833. The molecule has 0 saturated heterocycles. The maximum atomic E-state index is 12.8. The molecule has 15 heavy (non-hydrogen) atoms. The summed E-state index contributed by atoms with van der Waals surface area (Å²) in [5, 5.41) is 0. The Hall–Kier alpha value is -1.90. The summed E-state index contributed by atoms with van der Waals surface area (Å²) >= 11 is 0. The highest BCUT2D eigenvalue weighted by Gasteiger charge is 2.11. The summed E-state index contributed by atoms with van der Waals surface area (Å²) in [6, 6.07) is 5.87. The first-order valence-corrected chi connectivity index (χ1v) is 4.62. The molecule has 1 N–H and O–H groups in total. The lowest BCUT2D eigenvalue weighted by Crippen LogP contribution is -2.02. The van der Waals surface area contributed by atoms with Crippen LogP contribution in [0.1, 0.15) is 21.5 Å². The zero-order chi connectivity index (χ0) is 10.8. The first-order chi connectivity index (χ1) is 7.18. The van der Waals surface area contributed by atoms with E-state index in [1.165, 1.54) is 18.2 Å². The second kappa shape index (κ2) is 3.69. The minimum atomic E-state index is -0.321. The summed E-state index contributed by atoms with van der Waals surface area (Å²) in [5.41, 5.74) is 1.78. The third-order valence-corrected chi connectivity index (χ3v) is 2.29. The van der Waals surface area contributed by atoms with E-state index in [4.69, 9.17) is 0 Å². The monoisotopic (exact) mass is 203 g/mol. The van der Waals surface area contributed by atoms with Crippen molar-refractivity contribution >= 4 is 5.78 Å². The van der Waals surface area contributed by atoms with Gasteiger partial charge in [0.2, 0.25) is 0 Å². The largest absolute Gasteiger partial charge is 0.367 e. The van der Waals surface area contributed by atoms with Crippen molar-refractivity contribution in [2.24, 2.45) is 0 Å². The van der Waals surface area contributed by atoms with Crippen molar-refractivity contribution in [1.82, 2.24) is 4.98 Å². The molecule has 0 bridgehead atoms. The van der Waals surface area contributed by atoms with Crippen LogP contribution in [-0.2, 0) is 0 Å². The Morgan fingerprint density at radius 2 is 2.13 bits per heavy atom. The number of hydrogen-bond acceptors (Lipinski definition) is 1. The van der Waals surface area contributed by atoms with Crippen molar-refractivity contribution in [3.8, 4) is 0 Å². The van der Waals surface area contributed by atoms with Crippen LogP contribution in [0.15, 0.2) is 36.7 Å². The van der Waals surface area contributed by atoms with E-state index in [1.54, 1.807) is 25.4 Å². The molecule has 2 aromatic rings. The Bertz CT molecular complexity index is 488.